The summed E-state index contributed by atoms with van der Waals surface area (Å²) >= 11 is 0. The summed E-state index contributed by atoms with van der Waals surface area (Å²) in [4.78, 5) is 28.1. The molecule has 0 aromatic carbocycles. The molecule has 1 heterocycles. The molecule has 0 fully saturated rings. The second kappa shape index (κ2) is 8.23. The van der Waals surface area contributed by atoms with Crippen LogP contribution < -0.4 is 20.4 Å². The van der Waals surface area contributed by atoms with Crippen molar-refractivity contribution in [2.75, 3.05) is 56.4 Å². The van der Waals surface area contributed by atoms with Crippen molar-refractivity contribution in [2.45, 2.75) is 19.8 Å². The van der Waals surface area contributed by atoms with E-state index in [4.69, 9.17) is 0 Å². The average Bonchev–Trinajstić information content (AvgIpc) is 2.49. The van der Waals surface area contributed by atoms with Crippen LogP contribution in [0.1, 0.15) is 19.8 Å². The molecule has 0 radical (unpaired) electrons. The van der Waals surface area contributed by atoms with E-state index in [1.54, 1.807) is 7.05 Å². The number of nitrogens with one attached hydrogen (secondary N) is 2. The fraction of sp³-hybridized carbons (Fsp3) is 0.692. The van der Waals surface area contributed by atoms with Gasteiger partial charge in [-0.2, -0.15) is 15.0 Å². The Morgan fingerprint density at radius 2 is 1.81 bits per heavy atom. The molecule has 21 heavy (non-hydrogen) atoms. The van der Waals surface area contributed by atoms with E-state index in [1.165, 1.54) is 0 Å². The van der Waals surface area contributed by atoms with Gasteiger partial charge in [0.25, 0.3) is 0 Å². The molecule has 1 aromatic heterocycles. The molecule has 0 aliphatic rings. The summed E-state index contributed by atoms with van der Waals surface area (Å²) in [6.45, 7) is 3.43. The molecular weight excluding hydrogens is 270 g/mol. The van der Waals surface area contributed by atoms with Crippen LogP contribution in [-0.4, -0.2) is 62.1 Å². The third-order valence-corrected chi connectivity index (χ3v) is 2.84. The van der Waals surface area contributed by atoms with Crippen LogP contribution in [0.3, 0.4) is 0 Å². The topological polar surface area (TPSA) is 86.3 Å². The van der Waals surface area contributed by atoms with E-state index in [1.807, 2.05) is 30.9 Å². The molecule has 0 aliphatic heterocycles. The number of aromatic nitrogens is 3. The normalized spacial score (nSPS) is 10.1. The van der Waals surface area contributed by atoms with E-state index in [9.17, 15) is 4.79 Å². The van der Waals surface area contributed by atoms with Crippen LogP contribution in [0.5, 0.6) is 0 Å². The summed E-state index contributed by atoms with van der Waals surface area (Å²) in [7, 11) is 7.25. The quantitative estimate of drug-likeness (QED) is 0.715. The largest absolute Gasteiger partial charge is 0.359 e. The van der Waals surface area contributed by atoms with Gasteiger partial charge in [0.15, 0.2) is 0 Å². The summed E-state index contributed by atoms with van der Waals surface area (Å²) in [5, 5.41) is 5.77. The summed E-state index contributed by atoms with van der Waals surface area (Å²) in [5.74, 6) is 1.69. The van der Waals surface area contributed by atoms with Gasteiger partial charge in [-0.3, -0.25) is 4.79 Å². The molecule has 0 spiro atoms. The van der Waals surface area contributed by atoms with Gasteiger partial charge >= 0.3 is 0 Å². The molecule has 0 saturated carbocycles. The minimum Gasteiger partial charge on any atom is -0.359 e. The number of amides is 1. The van der Waals surface area contributed by atoms with Crippen molar-refractivity contribution in [2.24, 2.45) is 0 Å². The predicted molar refractivity (Wildman–Crippen MR) is 84.9 cm³/mol. The Morgan fingerprint density at radius 3 is 2.38 bits per heavy atom. The lowest BCUT2D eigenvalue weighted by atomic mass is 10.4. The first-order valence-electron chi connectivity index (χ1n) is 7.07. The maximum absolute atomic E-state index is 11.3. The van der Waals surface area contributed by atoms with Crippen molar-refractivity contribution in [1.82, 2.24) is 20.3 Å². The molecule has 0 saturated heterocycles. The zero-order valence-corrected chi connectivity index (χ0v) is 13.5. The Hall–Kier alpha value is -2.12. The maximum atomic E-state index is 11.3. The van der Waals surface area contributed by atoms with Crippen molar-refractivity contribution in [3.8, 4) is 0 Å². The molecule has 1 aromatic rings. The Labute approximate surface area is 126 Å². The highest BCUT2D eigenvalue weighted by Gasteiger charge is 2.12. The van der Waals surface area contributed by atoms with Gasteiger partial charge < -0.3 is 20.4 Å². The first-order valence-corrected chi connectivity index (χ1v) is 7.07. The molecular formula is C13H25N7O. The highest BCUT2D eigenvalue weighted by molar-refractivity contribution is 5.76. The smallest absolute Gasteiger partial charge is 0.231 e. The number of nitrogens with zero attached hydrogens (tertiary/aromatic N) is 5. The molecule has 8 nitrogen and oxygen atoms in total. The van der Waals surface area contributed by atoms with E-state index in [0.29, 0.717) is 30.8 Å². The van der Waals surface area contributed by atoms with Crippen LogP contribution in [0, 0.1) is 0 Å². The minimum atomic E-state index is -0.00642. The zero-order chi connectivity index (χ0) is 15.8. The number of anilines is 3. The SMILES string of the molecule is CCCNc1nc(N(C)C)nc(N(C)CCC(=O)NC)n1. The first-order chi connectivity index (χ1) is 9.97. The molecule has 0 atom stereocenters. The van der Waals surface area contributed by atoms with Crippen molar-refractivity contribution in [3.05, 3.63) is 0 Å². The van der Waals surface area contributed by atoms with Crippen molar-refractivity contribution < 1.29 is 4.79 Å². The third kappa shape index (κ3) is 5.41. The second-order valence-corrected chi connectivity index (χ2v) is 4.92. The lowest BCUT2D eigenvalue weighted by Crippen LogP contribution is -2.28. The highest BCUT2D eigenvalue weighted by Crippen LogP contribution is 2.14. The Bertz CT molecular complexity index is 464. The van der Waals surface area contributed by atoms with E-state index in [2.05, 4.69) is 32.5 Å². The molecule has 0 unspecified atom stereocenters. The molecule has 0 bridgehead atoms. The fourth-order valence-electron chi connectivity index (χ4n) is 1.53. The Balaban J connectivity index is 2.87. The number of carbonyl (C=O) groups excluding carboxylic acids is 1. The van der Waals surface area contributed by atoms with Crippen LogP contribution >= 0.6 is 0 Å². The summed E-state index contributed by atoms with van der Waals surface area (Å²) in [6.07, 6.45) is 1.39. The van der Waals surface area contributed by atoms with Gasteiger partial charge in [-0.15, -0.1) is 0 Å². The molecule has 1 amide bonds. The molecule has 2 N–H and O–H groups in total. The number of hydrogen-bond donors (Lipinski definition) is 2. The third-order valence-electron chi connectivity index (χ3n) is 2.84. The van der Waals surface area contributed by atoms with Crippen molar-refractivity contribution in [1.29, 1.82) is 0 Å². The van der Waals surface area contributed by atoms with E-state index in [0.717, 1.165) is 13.0 Å². The first kappa shape index (κ1) is 16.9. The van der Waals surface area contributed by atoms with Gasteiger partial charge in [0.2, 0.25) is 23.8 Å². The molecule has 0 aliphatic carbocycles. The van der Waals surface area contributed by atoms with Crippen LogP contribution in [0.4, 0.5) is 17.8 Å². The lowest BCUT2D eigenvalue weighted by molar-refractivity contribution is -0.120. The Morgan fingerprint density at radius 1 is 1.14 bits per heavy atom. The van der Waals surface area contributed by atoms with E-state index < -0.39 is 0 Å². The second-order valence-electron chi connectivity index (χ2n) is 4.92. The predicted octanol–water partition coefficient (Wildman–Crippen LogP) is 0.332. The van der Waals surface area contributed by atoms with Crippen LogP contribution in [0.2, 0.25) is 0 Å². The van der Waals surface area contributed by atoms with Crippen molar-refractivity contribution >= 4 is 23.8 Å². The summed E-state index contributed by atoms with van der Waals surface area (Å²) in [6, 6.07) is 0. The van der Waals surface area contributed by atoms with Crippen LogP contribution in [0.25, 0.3) is 0 Å². The fourth-order valence-corrected chi connectivity index (χ4v) is 1.53. The van der Waals surface area contributed by atoms with Crippen LogP contribution in [0.15, 0.2) is 0 Å². The monoisotopic (exact) mass is 295 g/mol. The summed E-state index contributed by atoms with van der Waals surface area (Å²) < 4.78 is 0. The lowest BCUT2D eigenvalue weighted by Gasteiger charge is -2.19. The maximum Gasteiger partial charge on any atom is 0.231 e. The Kier molecular flexibility index (Phi) is 6.64. The van der Waals surface area contributed by atoms with Gasteiger partial charge in [-0.25, -0.2) is 0 Å². The van der Waals surface area contributed by atoms with Crippen LogP contribution in [-0.2, 0) is 4.79 Å². The zero-order valence-electron chi connectivity index (χ0n) is 13.5. The summed E-state index contributed by atoms with van der Waals surface area (Å²) in [5.41, 5.74) is 0. The molecule has 1 rings (SSSR count). The average molecular weight is 295 g/mol. The van der Waals surface area contributed by atoms with E-state index >= 15 is 0 Å². The number of hydrogen-bond acceptors (Lipinski definition) is 7. The number of rotatable bonds is 8. The van der Waals surface area contributed by atoms with Gasteiger partial charge in [0.05, 0.1) is 0 Å². The van der Waals surface area contributed by atoms with Crippen molar-refractivity contribution in [3.63, 3.8) is 0 Å². The van der Waals surface area contributed by atoms with Gasteiger partial charge in [-0.05, 0) is 6.42 Å². The van der Waals surface area contributed by atoms with Gasteiger partial charge in [0, 0.05) is 47.7 Å². The van der Waals surface area contributed by atoms with E-state index in [-0.39, 0.29) is 5.91 Å². The minimum absolute atomic E-state index is 0.00642. The highest BCUT2D eigenvalue weighted by atomic mass is 16.1. The molecule has 118 valence electrons. The van der Waals surface area contributed by atoms with Gasteiger partial charge in [0.1, 0.15) is 0 Å². The molecule has 8 heteroatoms. The number of carbonyl (C=O) groups is 1. The van der Waals surface area contributed by atoms with Gasteiger partial charge in [-0.1, -0.05) is 6.92 Å². The standard InChI is InChI=1S/C13H25N7O/c1-6-8-15-11-16-12(19(3)4)18-13(17-11)20(5)9-7-10(21)14-2/h6-9H2,1-5H3,(H,14,21)(H,15,16,17,18).